The Morgan fingerprint density at radius 2 is 1.45 bits per heavy atom. The molecule has 0 aromatic heterocycles. The standard InChI is InChI=1S/C31H38BrN3O4S/c1-22(2)27-13-9-10-14-28(27)35(40(5,38)39)21-30(36)34(20-25-15-17-26(32)18-16-25)29(31(37)33-23(3)4)19-24-11-7-6-8-12-24/h6-18,22-23,29H,19-21H2,1-5H3,(H,33,37)/t29-/m0/s1. The second-order valence-corrected chi connectivity index (χ2v) is 13.3. The first-order chi connectivity index (χ1) is 18.9. The molecule has 2 amide bonds. The molecule has 0 radical (unpaired) electrons. The third-order valence-corrected chi connectivity index (χ3v) is 8.13. The van der Waals surface area contributed by atoms with Crippen LogP contribution < -0.4 is 9.62 Å². The van der Waals surface area contributed by atoms with E-state index >= 15 is 0 Å². The molecule has 3 aromatic rings. The van der Waals surface area contributed by atoms with Gasteiger partial charge in [-0.1, -0.05) is 90.4 Å². The molecule has 3 aromatic carbocycles. The van der Waals surface area contributed by atoms with Crippen LogP contribution in [0.4, 0.5) is 5.69 Å². The SMILES string of the molecule is CC(C)NC(=O)[C@H](Cc1ccccc1)N(Cc1ccc(Br)cc1)C(=O)CN(c1ccccc1C(C)C)S(C)(=O)=O. The van der Waals surface area contributed by atoms with Crippen molar-refractivity contribution in [1.29, 1.82) is 0 Å². The molecule has 0 fully saturated rings. The zero-order valence-corrected chi connectivity index (χ0v) is 26.1. The maximum absolute atomic E-state index is 14.2. The number of hydrogen-bond acceptors (Lipinski definition) is 4. The zero-order chi connectivity index (χ0) is 29.4. The number of hydrogen-bond donors (Lipinski definition) is 1. The van der Waals surface area contributed by atoms with Crippen molar-refractivity contribution in [2.45, 2.75) is 58.7 Å². The van der Waals surface area contributed by atoms with Gasteiger partial charge in [0.15, 0.2) is 0 Å². The fraction of sp³-hybridized carbons (Fsp3) is 0.355. The van der Waals surface area contributed by atoms with Crippen LogP contribution >= 0.6 is 15.9 Å². The second-order valence-electron chi connectivity index (χ2n) is 10.5. The minimum atomic E-state index is -3.83. The first-order valence-corrected chi connectivity index (χ1v) is 16.0. The number of sulfonamides is 1. The number of halogens is 1. The average Bonchev–Trinajstić information content (AvgIpc) is 2.89. The molecule has 0 saturated carbocycles. The minimum absolute atomic E-state index is 0.0390. The van der Waals surface area contributed by atoms with Crippen molar-refractivity contribution in [1.82, 2.24) is 10.2 Å². The maximum Gasteiger partial charge on any atom is 0.244 e. The molecule has 214 valence electrons. The minimum Gasteiger partial charge on any atom is -0.352 e. The highest BCUT2D eigenvalue weighted by molar-refractivity contribution is 9.10. The number of carbonyl (C=O) groups excluding carboxylic acids is 2. The molecule has 3 rings (SSSR count). The highest BCUT2D eigenvalue weighted by atomic mass is 79.9. The molecule has 0 unspecified atom stereocenters. The summed E-state index contributed by atoms with van der Waals surface area (Å²) in [7, 11) is -3.83. The van der Waals surface area contributed by atoms with E-state index in [1.165, 1.54) is 4.90 Å². The van der Waals surface area contributed by atoms with Gasteiger partial charge in [0.05, 0.1) is 11.9 Å². The fourth-order valence-electron chi connectivity index (χ4n) is 4.52. The molecule has 0 aliphatic carbocycles. The molecule has 7 nitrogen and oxygen atoms in total. The molecule has 9 heteroatoms. The summed E-state index contributed by atoms with van der Waals surface area (Å²) >= 11 is 3.44. The molecular weight excluding hydrogens is 590 g/mol. The van der Waals surface area contributed by atoms with Crippen LogP contribution in [0.2, 0.25) is 0 Å². The van der Waals surface area contributed by atoms with E-state index in [9.17, 15) is 18.0 Å². The predicted octanol–water partition coefficient (Wildman–Crippen LogP) is 5.50. The first kappa shape index (κ1) is 31.4. The summed E-state index contributed by atoms with van der Waals surface area (Å²) in [6, 6.07) is 23.2. The first-order valence-electron chi connectivity index (χ1n) is 13.3. The summed E-state index contributed by atoms with van der Waals surface area (Å²) in [6.45, 7) is 7.40. The van der Waals surface area contributed by atoms with Crippen molar-refractivity contribution in [3.05, 3.63) is 100 Å². The Kier molecular flexibility index (Phi) is 10.9. The highest BCUT2D eigenvalue weighted by Crippen LogP contribution is 2.29. The smallest absolute Gasteiger partial charge is 0.244 e. The van der Waals surface area contributed by atoms with E-state index in [1.807, 2.05) is 94.4 Å². The Balaban J connectivity index is 2.09. The quantitative estimate of drug-likeness (QED) is 0.287. The van der Waals surface area contributed by atoms with Crippen LogP contribution in [0.1, 0.15) is 50.3 Å². The summed E-state index contributed by atoms with van der Waals surface area (Å²) in [4.78, 5) is 29.3. The van der Waals surface area contributed by atoms with Gasteiger partial charge in [0.2, 0.25) is 21.8 Å². The number of rotatable bonds is 12. The molecule has 0 spiro atoms. The van der Waals surface area contributed by atoms with Crippen LogP contribution in [0.5, 0.6) is 0 Å². The molecule has 40 heavy (non-hydrogen) atoms. The van der Waals surface area contributed by atoms with E-state index in [0.717, 1.165) is 31.7 Å². The Morgan fingerprint density at radius 3 is 2.02 bits per heavy atom. The van der Waals surface area contributed by atoms with Gasteiger partial charge in [-0.25, -0.2) is 8.42 Å². The summed E-state index contributed by atoms with van der Waals surface area (Å²) in [5.41, 5.74) is 2.99. The number of amides is 2. The molecule has 0 aliphatic rings. The van der Waals surface area contributed by atoms with Gasteiger partial charge in [-0.2, -0.15) is 0 Å². The Hall–Kier alpha value is -3.17. The third kappa shape index (κ3) is 8.66. The summed E-state index contributed by atoms with van der Waals surface area (Å²) in [5, 5.41) is 2.96. The van der Waals surface area contributed by atoms with Crippen LogP contribution in [0, 0.1) is 0 Å². The van der Waals surface area contributed by atoms with Gasteiger partial charge in [-0.05, 0) is 54.7 Å². The number of anilines is 1. The van der Waals surface area contributed by atoms with Gasteiger partial charge in [-0.3, -0.25) is 13.9 Å². The lowest BCUT2D eigenvalue weighted by molar-refractivity contribution is -0.140. The van der Waals surface area contributed by atoms with E-state index < -0.39 is 28.5 Å². The largest absolute Gasteiger partial charge is 0.352 e. The van der Waals surface area contributed by atoms with Crippen molar-refractivity contribution in [2.24, 2.45) is 0 Å². The summed E-state index contributed by atoms with van der Waals surface area (Å²) in [5.74, 6) is -0.721. The molecule has 0 saturated heterocycles. The molecule has 1 atom stereocenters. The lowest BCUT2D eigenvalue weighted by Gasteiger charge is -2.34. The number of carbonyl (C=O) groups is 2. The summed E-state index contributed by atoms with van der Waals surface area (Å²) < 4.78 is 28.2. The Labute approximate surface area is 246 Å². The van der Waals surface area contributed by atoms with Crippen LogP contribution in [-0.4, -0.2) is 50.0 Å². The van der Waals surface area contributed by atoms with E-state index in [0.29, 0.717) is 5.69 Å². The van der Waals surface area contributed by atoms with Crippen LogP contribution in [0.3, 0.4) is 0 Å². The Bertz CT molecular complexity index is 1390. The topological polar surface area (TPSA) is 86.8 Å². The van der Waals surface area contributed by atoms with E-state index in [-0.39, 0.29) is 30.8 Å². The normalized spacial score (nSPS) is 12.3. The molecule has 0 bridgehead atoms. The van der Waals surface area contributed by atoms with Crippen molar-refractivity contribution in [3.8, 4) is 0 Å². The van der Waals surface area contributed by atoms with E-state index in [2.05, 4.69) is 21.2 Å². The van der Waals surface area contributed by atoms with Gasteiger partial charge in [-0.15, -0.1) is 0 Å². The molecular formula is C31H38BrN3O4S. The van der Waals surface area contributed by atoms with Crippen molar-refractivity contribution in [2.75, 3.05) is 17.1 Å². The lowest BCUT2D eigenvalue weighted by atomic mass is 10.0. The van der Waals surface area contributed by atoms with Gasteiger partial charge in [0, 0.05) is 23.5 Å². The third-order valence-electron chi connectivity index (χ3n) is 6.47. The zero-order valence-electron chi connectivity index (χ0n) is 23.7. The number of nitrogens with one attached hydrogen (secondary N) is 1. The summed E-state index contributed by atoms with van der Waals surface area (Å²) in [6.07, 6.45) is 1.38. The van der Waals surface area contributed by atoms with Gasteiger partial charge >= 0.3 is 0 Å². The fourth-order valence-corrected chi connectivity index (χ4v) is 5.65. The van der Waals surface area contributed by atoms with Crippen molar-refractivity contribution < 1.29 is 18.0 Å². The monoisotopic (exact) mass is 627 g/mol. The Morgan fingerprint density at radius 1 is 0.850 bits per heavy atom. The van der Waals surface area contributed by atoms with Gasteiger partial charge < -0.3 is 10.2 Å². The van der Waals surface area contributed by atoms with E-state index in [1.54, 1.807) is 12.1 Å². The van der Waals surface area contributed by atoms with Gasteiger partial charge in [0.25, 0.3) is 0 Å². The number of nitrogens with zero attached hydrogens (tertiary/aromatic N) is 2. The maximum atomic E-state index is 14.2. The van der Waals surface area contributed by atoms with Crippen molar-refractivity contribution in [3.63, 3.8) is 0 Å². The number of benzene rings is 3. The van der Waals surface area contributed by atoms with Gasteiger partial charge in [0.1, 0.15) is 12.6 Å². The molecule has 1 N–H and O–H groups in total. The molecule has 0 aliphatic heterocycles. The van der Waals surface area contributed by atoms with E-state index in [4.69, 9.17) is 0 Å². The average molecular weight is 629 g/mol. The lowest BCUT2D eigenvalue weighted by Crippen LogP contribution is -2.54. The number of para-hydroxylation sites is 1. The molecule has 0 heterocycles. The second kappa shape index (κ2) is 13.9. The van der Waals surface area contributed by atoms with Crippen LogP contribution in [0.25, 0.3) is 0 Å². The van der Waals surface area contributed by atoms with Crippen molar-refractivity contribution >= 4 is 43.5 Å². The highest BCUT2D eigenvalue weighted by Gasteiger charge is 2.33. The van der Waals surface area contributed by atoms with Crippen LogP contribution in [0.15, 0.2) is 83.3 Å². The predicted molar refractivity (Wildman–Crippen MR) is 165 cm³/mol. The van der Waals surface area contributed by atoms with Crippen LogP contribution in [-0.2, 0) is 32.6 Å².